The normalized spacial score (nSPS) is 20.3. The molecule has 29 heavy (non-hydrogen) atoms. The lowest BCUT2D eigenvalue weighted by atomic mass is 9.97. The SMILES string of the molecule is CCCC[C@H](CC(=O)N1CC2(CC2)C[C@H]1C(=O)Nc1cnccn1)CN(O)C=O. The highest BCUT2D eigenvalue weighted by molar-refractivity contribution is 5.97. The second-order valence-corrected chi connectivity index (χ2v) is 8.26. The van der Waals surface area contributed by atoms with Crippen LogP contribution >= 0.6 is 0 Å². The summed E-state index contributed by atoms with van der Waals surface area (Å²) in [6, 6.07) is -0.532. The number of nitrogens with one attached hydrogen (secondary N) is 1. The van der Waals surface area contributed by atoms with E-state index in [2.05, 4.69) is 22.2 Å². The maximum Gasteiger partial charge on any atom is 0.248 e. The summed E-state index contributed by atoms with van der Waals surface area (Å²) >= 11 is 0. The van der Waals surface area contributed by atoms with Crippen molar-refractivity contribution < 1.29 is 19.6 Å². The molecule has 2 atom stereocenters. The number of carbonyl (C=O) groups is 3. The first-order chi connectivity index (χ1) is 14.0. The van der Waals surface area contributed by atoms with Crippen molar-refractivity contribution in [2.45, 2.75) is 57.9 Å². The van der Waals surface area contributed by atoms with Gasteiger partial charge in [-0.05, 0) is 37.0 Å². The summed E-state index contributed by atoms with van der Waals surface area (Å²) in [4.78, 5) is 46.4. The van der Waals surface area contributed by atoms with Crippen LogP contribution in [0, 0.1) is 11.3 Å². The van der Waals surface area contributed by atoms with Crippen LogP contribution in [0.5, 0.6) is 0 Å². The Labute approximate surface area is 170 Å². The number of hydrogen-bond acceptors (Lipinski definition) is 6. The van der Waals surface area contributed by atoms with Crippen molar-refractivity contribution in [3.63, 3.8) is 0 Å². The van der Waals surface area contributed by atoms with Crippen LogP contribution in [0.25, 0.3) is 0 Å². The van der Waals surface area contributed by atoms with E-state index in [1.165, 1.54) is 18.6 Å². The molecule has 1 aromatic rings. The van der Waals surface area contributed by atoms with E-state index in [9.17, 15) is 19.6 Å². The Morgan fingerprint density at radius 3 is 2.86 bits per heavy atom. The first-order valence-electron chi connectivity index (χ1n) is 10.2. The summed E-state index contributed by atoms with van der Waals surface area (Å²) in [7, 11) is 0. The first kappa shape index (κ1) is 21.2. The highest BCUT2D eigenvalue weighted by Crippen LogP contribution is 2.55. The molecule has 1 saturated carbocycles. The monoisotopic (exact) mass is 403 g/mol. The molecule has 2 N–H and O–H groups in total. The second kappa shape index (κ2) is 9.30. The predicted molar refractivity (Wildman–Crippen MR) is 105 cm³/mol. The van der Waals surface area contributed by atoms with Crippen LogP contribution in [0.2, 0.25) is 0 Å². The van der Waals surface area contributed by atoms with E-state index < -0.39 is 6.04 Å². The third-order valence-electron chi connectivity index (χ3n) is 5.90. The Balaban J connectivity index is 1.67. The van der Waals surface area contributed by atoms with Gasteiger partial charge in [0, 0.05) is 25.4 Å². The van der Waals surface area contributed by atoms with Gasteiger partial charge in [-0.3, -0.25) is 24.6 Å². The van der Waals surface area contributed by atoms with Gasteiger partial charge in [0.05, 0.1) is 12.7 Å². The van der Waals surface area contributed by atoms with Gasteiger partial charge in [0.25, 0.3) is 0 Å². The van der Waals surface area contributed by atoms with Gasteiger partial charge in [0.15, 0.2) is 5.82 Å². The largest absolute Gasteiger partial charge is 0.330 e. The van der Waals surface area contributed by atoms with Crippen LogP contribution in [0.3, 0.4) is 0 Å². The zero-order valence-corrected chi connectivity index (χ0v) is 16.8. The van der Waals surface area contributed by atoms with Gasteiger partial charge in [-0.15, -0.1) is 0 Å². The van der Waals surface area contributed by atoms with Crippen molar-refractivity contribution >= 4 is 24.0 Å². The van der Waals surface area contributed by atoms with Crippen LogP contribution in [0.4, 0.5) is 5.82 Å². The Hall–Kier alpha value is -2.55. The van der Waals surface area contributed by atoms with Gasteiger partial charge in [-0.2, -0.15) is 0 Å². The van der Waals surface area contributed by atoms with Crippen molar-refractivity contribution in [1.29, 1.82) is 0 Å². The third-order valence-corrected chi connectivity index (χ3v) is 5.90. The molecular weight excluding hydrogens is 374 g/mol. The zero-order valence-electron chi connectivity index (χ0n) is 16.8. The summed E-state index contributed by atoms with van der Waals surface area (Å²) in [6.07, 6.45) is 10.4. The fourth-order valence-electron chi connectivity index (χ4n) is 4.09. The second-order valence-electron chi connectivity index (χ2n) is 8.26. The Morgan fingerprint density at radius 1 is 1.45 bits per heavy atom. The van der Waals surface area contributed by atoms with E-state index in [0.717, 1.165) is 32.1 Å². The predicted octanol–water partition coefficient (Wildman–Crippen LogP) is 1.84. The molecule has 1 spiro atoms. The van der Waals surface area contributed by atoms with Crippen molar-refractivity contribution in [1.82, 2.24) is 19.9 Å². The lowest BCUT2D eigenvalue weighted by Gasteiger charge is -2.27. The first-order valence-corrected chi connectivity index (χ1v) is 10.2. The van der Waals surface area contributed by atoms with Gasteiger partial charge in [-0.25, -0.2) is 10.0 Å². The quantitative estimate of drug-likeness (QED) is 0.350. The maximum atomic E-state index is 13.1. The Bertz CT molecular complexity index is 725. The van der Waals surface area contributed by atoms with Gasteiger partial charge in [0.1, 0.15) is 6.04 Å². The molecule has 1 saturated heterocycles. The van der Waals surface area contributed by atoms with Gasteiger partial charge in [-0.1, -0.05) is 19.8 Å². The average Bonchev–Trinajstić information content (AvgIpc) is 3.36. The standard InChI is InChI=1S/C20H29N5O4/c1-2-3-4-15(12-24(29)14-26)9-18(27)25-13-20(5-6-20)10-16(25)19(28)23-17-11-21-7-8-22-17/h7-8,11,14-16,29H,2-6,9-10,12-13H2,1H3,(H,22,23,28)/t15-,16+/m1/s1. The number of hydrogen-bond donors (Lipinski definition) is 2. The number of nitrogens with zero attached hydrogens (tertiary/aromatic N) is 4. The van der Waals surface area contributed by atoms with Crippen LogP contribution in [-0.4, -0.2) is 62.5 Å². The summed E-state index contributed by atoms with van der Waals surface area (Å²) < 4.78 is 0. The zero-order chi connectivity index (χ0) is 20.9. The lowest BCUT2D eigenvalue weighted by molar-refractivity contribution is -0.154. The number of aromatic nitrogens is 2. The van der Waals surface area contributed by atoms with Crippen LogP contribution in [0.1, 0.15) is 51.9 Å². The van der Waals surface area contributed by atoms with Crippen molar-refractivity contribution in [3.8, 4) is 0 Å². The number of anilines is 1. The van der Waals surface area contributed by atoms with E-state index in [1.807, 2.05) is 0 Å². The molecule has 2 fully saturated rings. The molecule has 1 aromatic heterocycles. The number of hydroxylamine groups is 2. The highest BCUT2D eigenvalue weighted by Gasteiger charge is 2.55. The molecular formula is C20H29N5O4. The number of likely N-dealkylation sites (tertiary alicyclic amines) is 1. The van der Waals surface area contributed by atoms with E-state index in [0.29, 0.717) is 30.3 Å². The molecule has 0 bridgehead atoms. The van der Waals surface area contributed by atoms with Crippen LogP contribution in [0.15, 0.2) is 18.6 Å². The molecule has 0 unspecified atom stereocenters. The van der Waals surface area contributed by atoms with E-state index in [-0.39, 0.29) is 36.1 Å². The van der Waals surface area contributed by atoms with E-state index >= 15 is 0 Å². The molecule has 2 aliphatic rings. The Morgan fingerprint density at radius 2 is 2.24 bits per heavy atom. The average molecular weight is 403 g/mol. The minimum atomic E-state index is -0.532. The van der Waals surface area contributed by atoms with Gasteiger partial charge < -0.3 is 10.2 Å². The molecule has 0 radical (unpaired) electrons. The fourth-order valence-corrected chi connectivity index (χ4v) is 4.09. The van der Waals surface area contributed by atoms with Gasteiger partial charge in [0.2, 0.25) is 18.2 Å². The summed E-state index contributed by atoms with van der Waals surface area (Å²) in [5, 5.41) is 12.9. The molecule has 1 aliphatic carbocycles. The number of rotatable bonds is 10. The molecule has 9 nitrogen and oxygen atoms in total. The summed E-state index contributed by atoms with van der Waals surface area (Å²) in [5.41, 5.74) is 0.0603. The maximum absolute atomic E-state index is 13.1. The minimum absolute atomic E-state index is 0.0603. The number of unbranched alkanes of at least 4 members (excludes halogenated alkanes) is 1. The van der Waals surface area contributed by atoms with E-state index in [1.54, 1.807) is 4.90 Å². The van der Waals surface area contributed by atoms with Gasteiger partial charge >= 0.3 is 0 Å². The Kier molecular flexibility index (Phi) is 6.79. The third kappa shape index (κ3) is 5.50. The topological polar surface area (TPSA) is 116 Å². The van der Waals surface area contributed by atoms with E-state index in [4.69, 9.17) is 0 Å². The number of amides is 3. The minimum Gasteiger partial charge on any atom is -0.330 e. The fraction of sp³-hybridized carbons (Fsp3) is 0.650. The summed E-state index contributed by atoms with van der Waals surface area (Å²) in [6.45, 7) is 2.76. The lowest BCUT2D eigenvalue weighted by Crippen LogP contribution is -2.44. The summed E-state index contributed by atoms with van der Waals surface area (Å²) in [5.74, 6) is -0.126. The molecule has 3 amide bonds. The highest BCUT2D eigenvalue weighted by atomic mass is 16.5. The number of carbonyl (C=O) groups excluding carboxylic acids is 3. The van der Waals surface area contributed by atoms with Crippen molar-refractivity contribution in [3.05, 3.63) is 18.6 Å². The molecule has 1 aliphatic heterocycles. The molecule has 3 rings (SSSR count). The van der Waals surface area contributed by atoms with Crippen molar-refractivity contribution in [2.24, 2.45) is 11.3 Å². The van der Waals surface area contributed by atoms with Crippen molar-refractivity contribution in [2.75, 3.05) is 18.4 Å². The van der Waals surface area contributed by atoms with Crippen LogP contribution in [-0.2, 0) is 14.4 Å². The molecule has 0 aromatic carbocycles. The molecule has 158 valence electrons. The molecule has 2 heterocycles. The smallest absolute Gasteiger partial charge is 0.248 e. The van der Waals surface area contributed by atoms with Crippen LogP contribution < -0.4 is 5.32 Å². The molecule has 9 heteroatoms.